The monoisotopic (exact) mass is 358 g/mol. The van der Waals surface area contributed by atoms with Gasteiger partial charge in [-0.3, -0.25) is 0 Å². The van der Waals surface area contributed by atoms with Gasteiger partial charge in [-0.2, -0.15) is 10.1 Å². The van der Waals surface area contributed by atoms with Crippen molar-refractivity contribution in [3.8, 4) is 5.75 Å². The summed E-state index contributed by atoms with van der Waals surface area (Å²) in [5.74, 6) is 0.840. The van der Waals surface area contributed by atoms with Gasteiger partial charge >= 0.3 is 0 Å². The lowest BCUT2D eigenvalue weighted by molar-refractivity contribution is 0.475. The highest BCUT2D eigenvalue weighted by Crippen LogP contribution is 2.36. The van der Waals surface area contributed by atoms with Crippen LogP contribution in [-0.2, 0) is 0 Å². The first-order valence-corrected chi connectivity index (χ1v) is 8.00. The van der Waals surface area contributed by atoms with E-state index in [9.17, 15) is 5.11 Å². The maximum Gasteiger partial charge on any atom is 0.226 e. The smallest absolute Gasteiger partial charge is 0.226 e. The number of hydrogen-bond acceptors (Lipinski definition) is 4. The van der Waals surface area contributed by atoms with Gasteiger partial charge in [0.15, 0.2) is 0 Å². The Kier molecular flexibility index (Phi) is 3.67. The molecule has 2 N–H and O–H groups in total. The number of allylic oxidation sites excluding steroid dienone is 1. The van der Waals surface area contributed by atoms with E-state index in [1.54, 1.807) is 28.9 Å². The fourth-order valence-electron chi connectivity index (χ4n) is 2.71. The topological polar surface area (TPSA) is 63.0 Å². The van der Waals surface area contributed by atoms with E-state index in [0.717, 1.165) is 16.8 Å². The number of aromatic hydroxyl groups is 1. The molecule has 7 heteroatoms. The molecule has 2 aromatic carbocycles. The second-order valence-corrected chi connectivity index (χ2v) is 6.23. The third-order valence-corrected chi connectivity index (χ3v) is 4.43. The Morgan fingerprint density at radius 1 is 1.08 bits per heavy atom. The molecule has 3 aromatic rings. The maximum absolute atomic E-state index is 9.48. The van der Waals surface area contributed by atoms with Gasteiger partial charge in [-0.25, -0.2) is 4.68 Å². The molecule has 1 aliphatic rings. The van der Waals surface area contributed by atoms with Gasteiger partial charge < -0.3 is 10.4 Å². The van der Waals surface area contributed by atoms with Crippen LogP contribution in [0.15, 0.2) is 54.9 Å². The van der Waals surface area contributed by atoms with Crippen molar-refractivity contribution < 1.29 is 5.11 Å². The average molecular weight is 359 g/mol. The van der Waals surface area contributed by atoms with Crippen molar-refractivity contribution in [2.24, 2.45) is 0 Å². The zero-order valence-corrected chi connectivity index (χ0v) is 13.8. The first-order chi connectivity index (χ1) is 11.6. The van der Waals surface area contributed by atoms with Crippen LogP contribution in [0.2, 0.25) is 10.0 Å². The number of nitrogens with zero attached hydrogens (tertiary/aromatic N) is 3. The van der Waals surface area contributed by atoms with Crippen molar-refractivity contribution in [1.29, 1.82) is 0 Å². The molecule has 0 fully saturated rings. The Balaban J connectivity index is 1.83. The minimum absolute atomic E-state index is 0.211. The SMILES string of the molecule is Oc1ccc(C2=C[C@@H](c3ccc(Cl)cc3Cl)n3ncnc3N2)cc1. The van der Waals surface area contributed by atoms with E-state index in [0.29, 0.717) is 16.0 Å². The number of aromatic nitrogens is 3. The molecule has 0 bridgehead atoms. The minimum Gasteiger partial charge on any atom is -0.508 e. The van der Waals surface area contributed by atoms with E-state index in [1.165, 1.54) is 6.33 Å². The van der Waals surface area contributed by atoms with Gasteiger partial charge in [0.05, 0.1) is 0 Å². The standard InChI is InChI=1S/C17H12Cl2N4O/c18-11-3-6-13(14(19)7-11)16-8-15(10-1-4-12(24)5-2-10)22-17-20-9-21-23(16)17/h1-9,16,24H,(H,20,21,22)/t16-/m0/s1. The first kappa shape index (κ1) is 15.1. The van der Waals surface area contributed by atoms with Crippen molar-refractivity contribution in [3.63, 3.8) is 0 Å². The molecule has 0 saturated carbocycles. The normalized spacial score (nSPS) is 16.2. The molecular weight excluding hydrogens is 347 g/mol. The van der Waals surface area contributed by atoms with E-state index in [4.69, 9.17) is 23.2 Å². The van der Waals surface area contributed by atoms with Crippen LogP contribution in [0.5, 0.6) is 5.75 Å². The third kappa shape index (κ3) is 2.62. The van der Waals surface area contributed by atoms with Crippen LogP contribution < -0.4 is 5.32 Å². The number of hydrogen-bond donors (Lipinski definition) is 2. The highest BCUT2D eigenvalue weighted by Gasteiger charge is 2.25. The lowest BCUT2D eigenvalue weighted by Gasteiger charge is -2.25. The zero-order valence-electron chi connectivity index (χ0n) is 12.3. The summed E-state index contributed by atoms with van der Waals surface area (Å²) in [6.07, 6.45) is 3.51. The second kappa shape index (κ2) is 5.85. The highest BCUT2D eigenvalue weighted by molar-refractivity contribution is 6.35. The number of nitrogens with one attached hydrogen (secondary N) is 1. The number of benzene rings is 2. The molecule has 1 aliphatic heterocycles. The van der Waals surface area contributed by atoms with Crippen LogP contribution in [-0.4, -0.2) is 19.9 Å². The Morgan fingerprint density at radius 2 is 1.88 bits per heavy atom. The number of halogens is 2. The summed E-state index contributed by atoms with van der Waals surface area (Å²) in [6.45, 7) is 0. The van der Waals surface area contributed by atoms with Crippen LogP contribution in [0.1, 0.15) is 17.2 Å². The molecule has 0 amide bonds. The number of phenolic OH excluding ortho intramolecular Hbond substituents is 1. The molecule has 0 radical (unpaired) electrons. The van der Waals surface area contributed by atoms with Crippen LogP contribution in [0, 0.1) is 0 Å². The van der Waals surface area contributed by atoms with Crippen LogP contribution in [0.3, 0.4) is 0 Å². The minimum atomic E-state index is -0.211. The molecular formula is C17H12Cl2N4O. The van der Waals surface area contributed by atoms with Crippen LogP contribution >= 0.6 is 23.2 Å². The molecule has 1 atom stereocenters. The van der Waals surface area contributed by atoms with Crippen LogP contribution in [0.25, 0.3) is 5.70 Å². The number of phenols is 1. The largest absolute Gasteiger partial charge is 0.508 e. The summed E-state index contributed by atoms with van der Waals surface area (Å²) < 4.78 is 1.76. The van der Waals surface area contributed by atoms with Gasteiger partial charge in [-0.05, 0) is 53.6 Å². The molecule has 0 aliphatic carbocycles. The fourth-order valence-corrected chi connectivity index (χ4v) is 3.23. The molecule has 0 unspecified atom stereocenters. The maximum atomic E-state index is 9.48. The summed E-state index contributed by atoms with van der Waals surface area (Å²) in [7, 11) is 0. The molecule has 24 heavy (non-hydrogen) atoms. The summed E-state index contributed by atoms with van der Waals surface area (Å²) >= 11 is 12.4. The molecule has 120 valence electrons. The van der Waals surface area contributed by atoms with Gasteiger partial charge in [0.25, 0.3) is 0 Å². The highest BCUT2D eigenvalue weighted by atomic mass is 35.5. The van der Waals surface area contributed by atoms with E-state index < -0.39 is 0 Å². The third-order valence-electron chi connectivity index (χ3n) is 3.87. The van der Waals surface area contributed by atoms with Crippen molar-refractivity contribution >= 4 is 34.8 Å². The number of rotatable bonds is 2. The van der Waals surface area contributed by atoms with E-state index in [-0.39, 0.29) is 11.8 Å². The molecule has 1 aromatic heterocycles. The molecule has 5 nitrogen and oxygen atoms in total. The summed E-state index contributed by atoms with van der Waals surface area (Å²) in [5.41, 5.74) is 2.68. The first-order valence-electron chi connectivity index (χ1n) is 7.24. The van der Waals surface area contributed by atoms with Crippen molar-refractivity contribution in [2.75, 3.05) is 5.32 Å². The Morgan fingerprint density at radius 3 is 2.62 bits per heavy atom. The van der Waals surface area contributed by atoms with E-state index >= 15 is 0 Å². The molecule has 0 saturated heterocycles. The molecule has 4 rings (SSSR count). The van der Waals surface area contributed by atoms with Crippen molar-refractivity contribution in [2.45, 2.75) is 6.04 Å². The lowest BCUT2D eigenvalue weighted by atomic mass is 10.0. The van der Waals surface area contributed by atoms with E-state index in [1.807, 2.05) is 24.3 Å². The summed E-state index contributed by atoms with van der Waals surface area (Å²) in [5, 5.41) is 18.2. The number of fused-ring (bicyclic) bond motifs is 1. The Hall–Kier alpha value is -2.50. The van der Waals surface area contributed by atoms with Crippen molar-refractivity contribution in [1.82, 2.24) is 14.8 Å². The van der Waals surface area contributed by atoms with Gasteiger partial charge in [-0.15, -0.1) is 0 Å². The van der Waals surface area contributed by atoms with Crippen LogP contribution in [0.4, 0.5) is 5.95 Å². The number of anilines is 1. The average Bonchev–Trinajstić information content (AvgIpc) is 3.03. The predicted octanol–water partition coefficient (Wildman–Crippen LogP) is 4.35. The molecule has 0 spiro atoms. The van der Waals surface area contributed by atoms with Gasteiger partial charge in [-0.1, -0.05) is 29.3 Å². The van der Waals surface area contributed by atoms with Crippen molar-refractivity contribution in [3.05, 3.63) is 76.0 Å². The quantitative estimate of drug-likeness (QED) is 0.714. The van der Waals surface area contributed by atoms with Gasteiger partial charge in [0.2, 0.25) is 5.95 Å². The summed E-state index contributed by atoms with van der Waals surface area (Å²) in [4.78, 5) is 4.25. The lowest BCUT2D eigenvalue weighted by Crippen LogP contribution is -2.20. The predicted molar refractivity (Wildman–Crippen MR) is 94.3 cm³/mol. The van der Waals surface area contributed by atoms with Gasteiger partial charge in [0, 0.05) is 15.7 Å². The van der Waals surface area contributed by atoms with Gasteiger partial charge in [0.1, 0.15) is 18.1 Å². The molecule has 2 heterocycles. The Bertz CT molecular complexity index is 934. The zero-order chi connectivity index (χ0) is 16.7. The second-order valence-electron chi connectivity index (χ2n) is 5.39. The summed E-state index contributed by atoms with van der Waals surface area (Å²) in [6, 6.07) is 12.1. The fraction of sp³-hybridized carbons (Fsp3) is 0.0588. The Labute approximate surface area is 148 Å². The van der Waals surface area contributed by atoms with E-state index in [2.05, 4.69) is 15.4 Å².